The van der Waals surface area contributed by atoms with Gasteiger partial charge in [-0.05, 0) is 36.8 Å². The highest BCUT2D eigenvalue weighted by Crippen LogP contribution is 2.27. The van der Waals surface area contributed by atoms with Crippen LogP contribution in [0.1, 0.15) is 15.9 Å². The van der Waals surface area contributed by atoms with E-state index in [2.05, 4.69) is 0 Å². The highest BCUT2D eigenvalue weighted by atomic mass is 16.6. The van der Waals surface area contributed by atoms with Gasteiger partial charge in [0.05, 0.1) is 16.6 Å². The number of nitro benzene ring substituents is 1. The fourth-order valence-electron chi connectivity index (χ4n) is 1.72. The van der Waals surface area contributed by atoms with Gasteiger partial charge in [0.25, 0.3) is 5.69 Å². The fraction of sp³-hybridized carbons (Fsp3) is 0.0714. The maximum absolute atomic E-state index is 10.9. The van der Waals surface area contributed by atoms with Gasteiger partial charge >= 0.3 is 5.97 Å². The number of aromatic carboxylic acids is 1. The van der Waals surface area contributed by atoms with Gasteiger partial charge in [-0.2, -0.15) is 0 Å². The van der Waals surface area contributed by atoms with Gasteiger partial charge in [-0.1, -0.05) is 6.07 Å². The lowest BCUT2D eigenvalue weighted by Gasteiger charge is -2.07. The molecule has 0 spiro atoms. The van der Waals surface area contributed by atoms with E-state index >= 15 is 0 Å². The van der Waals surface area contributed by atoms with Crippen LogP contribution >= 0.6 is 0 Å². The summed E-state index contributed by atoms with van der Waals surface area (Å²) in [6.07, 6.45) is 0. The normalized spacial score (nSPS) is 10.1. The first-order chi connectivity index (χ1) is 9.45. The van der Waals surface area contributed by atoms with Crippen LogP contribution in [0.4, 0.5) is 5.69 Å². The summed E-state index contributed by atoms with van der Waals surface area (Å²) in [5.41, 5.74) is 0.697. The quantitative estimate of drug-likeness (QED) is 0.681. The van der Waals surface area contributed by atoms with Crippen molar-refractivity contribution < 1.29 is 19.6 Å². The van der Waals surface area contributed by atoms with E-state index in [9.17, 15) is 14.9 Å². The molecule has 0 heterocycles. The van der Waals surface area contributed by atoms with Gasteiger partial charge in [-0.3, -0.25) is 10.1 Å². The Kier molecular flexibility index (Phi) is 3.65. The molecule has 0 aromatic heterocycles. The van der Waals surface area contributed by atoms with Crippen molar-refractivity contribution in [1.82, 2.24) is 0 Å². The Bertz CT molecular complexity index is 681. The predicted molar refractivity (Wildman–Crippen MR) is 71.3 cm³/mol. The number of aryl methyl sites for hydroxylation is 1. The van der Waals surface area contributed by atoms with Gasteiger partial charge in [-0.25, -0.2) is 4.79 Å². The smallest absolute Gasteiger partial charge is 0.335 e. The third-order valence-corrected chi connectivity index (χ3v) is 2.56. The van der Waals surface area contributed by atoms with Crippen molar-refractivity contribution in [3.05, 3.63) is 63.7 Å². The Balaban J connectivity index is 2.32. The van der Waals surface area contributed by atoms with Crippen molar-refractivity contribution in [3.63, 3.8) is 0 Å². The van der Waals surface area contributed by atoms with Crippen LogP contribution in [0, 0.1) is 17.0 Å². The van der Waals surface area contributed by atoms with E-state index in [-0.39, 0.29) is 11.3 Å². The number of nitro groups is 1. The van der Waals surface area contributed by atoms with Crippen molar-refractivity contribution in [2.45, 2.75) is 6.92 Å². The van der Waals surface area contributed by atoms with Crippen molar-refractivity contribution in [2.75, 3.05) is 0 Å². The van der Waals surface area contributed by atoms with E-state index in [1.165, 1.54) is 24.3 Å². The zero-order valence-corrected chi connectivity index (χ0v) is 10.6. The van der Waals surface area contributed by atoms with Crippen molar-refractivity contribution in [1.29, 1.82) is 0 Å². The van der Waals surface area contributed by atoms with Gasteiger partial charge in [0, 0.05) is 6.07 Å². The summed E-state index contributed by atoms with van der Waals surface area (Å²) in [4.78, 5) is 21.1. The second-order valence-corrected chi connectivity index (χ2v) is 4.20. The van der Waals surface area contributed by atoms with Crippen molar-refractivity contribution >= 4 is 11.7 Å². The molecule has 2 aromatic rings. The van der Waals surface area contributed by atoms with Crippen LogP contribution in [0.3, 0.4) is 0 Å². The lowest BCUT2D eigenvalue weighted by molar-refractivity contribution is -0.385. The lowest BCUT2D eigenvalue weighted by Crippen LogP contribution is -1.96. The maximum Gasteiger partial charge on any atom is 0.335 e. The molecule has 2 rings (SSSR count). The minimum Gasteiger partial charge on any atom is -0.478 e. The highest BCUT2D eigenvalue weighted by molar-refractivity contribution is 5.88. The molecule has 102 valence electrons. The monoisotopic (exact) mass is 273 g/mol. The Hall–Kier alpha value is -2.89. The van der Waals surface area contributed by atoms with Crippen LogP contribution in [-0.4, -0.2) is 16.0 Å². The van der Waals surface area contributed by atoms with Crippen LogP contribution in [0.2, 0.25) is 0 Å². The van der Waals surface area contributed by atoms with Crippen molar-refractivity contribution in [3.8, 4) is 11.5 Å². The molecule has 0 aliphatic carbocycles. The third-order valence-electron chi connectivity index (χ3n) is 2.56. The molecule has 6 nitrogen and oxygen atoms in total. The average Bonchev–Trinajstić information content (AvgIpc) is 2.38. The summed E-state index contributed by atoms with van der Waals surface area (Å²) in [6.45, 7) is 1.72. The number of non-ortho nitro benzene ring substituents is 1. The molecule has 20 heavy (non-hydrogen) atoms. The maximum atomic E-state index is 10.9. The van der Waals surface area contributed by atoms with Crippen LogP contribution in [0.25, 0.3) is 0 Å². The number of carboxylic acids is 1. The second-order valence-electron chi connectivity index (χ2n) is 4.20. The third kappa shape index (κ3) is 3.11. The lowest BCUT2D eigenvalue weighted by atomic mass is 10.2. The Morgan fingerprint density at radius 1 is 1.20 bits per heavy atom. The van der Waals surface area contributed by atoms with E-state index in [1.54, 1.807) is 25.1 Å². The van der Waals surface area contributed by atoms with Gasteiger partial charge < -0.3 is 9.84 Å². The standard InChI is InChI=1S/C14H11NO5/c1-9-5-11(15(18)19)8-13(6-9)20-12-4-2-3-10(7-12)14(16)17/h2-8H,1H3,(H,16,17). The van der Waals surface area contributed by atoms with Gasteiger partial charge in [0.1, 0.15) is 11.5 Å². The molecule has 0 atom stereocenters. The molecule has 0 bridgehead atoms. The van der Waals surface area contributed by atoms with E-state index < -0.39 is 10.9 Å². The molecule has 0 unspecified atom stereocenters. The first kappa shape index (κ1) is 13.5. The summed E-state index contributed by atoms with van der Waals surface area (Å²) < 4.78 is 5.47. The number of ether oxygens (including phenoxy) is 1. The number of nitrogens with zero attached hydrogens (tertiary/aromatic N) is 1. The Labute approximate surface area is 114 Å². The highest BCUT2D eigenvalue weighted by Gasteiger charge is 2.10. The van der Waals surface area contributed by atoms with Crippen molar-refractivity contribution in [2.24, 2.45) is 0 Å². The van der Waals surface area contributed by atoms with Gasteiger partial charge in [0.15, 0.2) is 0 Å². The minimum atomic E-state index is -1.06. The first-order valence-electron chi connectivity index (χ1n) is 5.73. The van der Waals surface area contributed by atoms with E-state index in [0.717, 1.165) is 0 Å². The topological polar surface area (TPSA) is 89.7 Å². The van der Waals surface area contributed by atoms with E-state index in [0.29, 0.717) is 17.1 Å². The predicted octanol–water partition coefficient (Wildman–Crippen LogP) is 3.39. The van der Waals surface area contributed by atoms with Gasteiger partial charge in [-0.15, -0.1) is 0 Å². The first-order valence-corrected chi connectivity index (χ1v) is 5.73. The molecule has 2 aromatic carbocycles. The SMILES string of the molecule is Cc1cc(Oc2cccc(C(=O)O)c2)cc([N+](=O)[O-])c1. The van der Waals surface area contributed by atoms with Crippen LogP contribution in [0.5, 0.6) is 11.5 Å². The summed E-state index contributed by atoms with van der Waals surface area (Å²) in [5, 5.41) is 19.7. The van der Waals surface area contributed by atoms with Crippen LogP contribution in [0.15, 0.2) is 42.5 Å². The number of benzene rings is 2. The number of hydrogen-bond acceptors (Lipinski definition) is 4. The largest absolute Gasteiger partial charge is 0.478 e. The number of hydrogen-bond donors (Lipinski definition) is 1. The van der Waals surface area contributed by atoms with Crippen LogP contribution < -0.4 is 4.74 Å². The zero-order valence-electron chi connectivity index (χ0n) is 10.6. The molecule has 6 heteroatoms. The summed E-state index contributed by atoms with van der Waals surface area (Å²) >= 11 is 0. The molecule has 0 saturated carbocycles. The number of rotatable bonds is 4. The number of carboxylic acid groups (broad SMARTS) is 1. The minimum absolute atomic E-state index is 0.0746. The summed E-state index contributed by atoms with van der Waals surface area (Å²) in [7, 11) is 0. The van der Waals surface area contributed by atoms with E-state index in [4.69, 9.17) is 9.84 Å². The Morgan fingerprint density at radius 3 is 2.60 bits per heavy atom. The molecular formula is C14H11NO5. The average molecular weight is 273 g/mol. The Morgan fingerprint density at radius 2 is 1.95 bits per heavy atom. The molecular weight excluding hydrogens is 262 g/mol. The molecule has 0 aliphatic rings. The molecule has 0 radical (unpaired) electrons. The van der Waals surface area contributed by atoms with Gasteiger partial charge in [0.2, 0.25) is 0 Å². The zero-order chi connectivity index (χ0) is 14.7. The molecule has 0 saturated heterocycles. The van der Waals surface area contributed by atoms with E-state index in [1.807, 2.05) is 0 Å². The summed E-state index contributed by atoms with van der Waals surface area (Å²) in [5.74, 6) is -0.463. The molecule has 0 aliphatic heterocycles. The fourth-order valence-corrected chi connectivity index (χ4v) is 1.72. The second kappa shape index (κ2) is 5.40. The number of carbonyl (C=O) groups is 1. The molecule has 0 amide bonds. The molecule has 0 fully saturated rings. The summed E-state index contributed by atoms with van der Waals surface area (Å²) in [6, 6.07) is 10.3. The van der Waals surface area contributed by atoms with Crippen LogP contribution in [-0.2, 0) is 0 Å². The molecule has 1 N–H and O–H groups in total.